The molecule has 0 bridgehead atoms. The highest BCUT2D eigenvalue weighted by Crippen LogP contribution is 2.47. The van der Waals surface area contributed by atoms with E-state index in [-0.39, 0.29) is 5.41 Å². The van der Waals surface area contributed by atoms with E-state index in [9.17, 15) is 5.26 Å². The summed E-state index contributed by atoms with van der Waals surface area (Å²) < 4.78 is 13.1. The summed E-state index contributed by atoms with van der Waals surface area (Å²) >= 11 is 0. The topological polar surface area (TPSA) is 88.7 Å². The molecule has 0 saturated heterocycles. The molecule has 0 aliphatic heterocycles. The van der Waals surface area contributed by atoms with Crippen LogP contribution in [0.15, 0.2) is 136 Å². The number of nitrogens with zero attached hydrogens (tertiary/aromatic N) is 4. The van der Waals surface area contributed by atoms with E-state index in [1.807, 2.05) is 84.9 Å². The van der Waals surface area contributed by atoms with Crippen molar-refractivity contribution in [2.24, 2.45) is 11.8 Å². The van der Waals surface area contributed by atoms with Crippen molar-refractivity contribution in [3.63, 3.8) is 0 Å². The fraction of sp³-hybridized carbons (Fsp3) is 0.216. The van der Waals surface area contributed by atoms with Gasteiger partial charge in [0.25, 0.3) is 0 Å². The van der Waals surface area contributed by atoms with Gasteiger partial charge < -0.3 is 8.83 Å². The molecule has 1 fully saturated rings. The molecule has 6 aromatic carbocycles. The standard InChI is InChI=1S/C51H42N4O2/c1-4-51(28-31(2)19-20-32(3)29-51)37-26-35(34-23-21-33(30-52)22-24-34)25-36(27-37)48-53-49(42-15-9-13-40-38-11-5-7-17-44(38)56-46(40)42)55-50(54-48)43-16-10-14-41-39-12-6-8-18-45(39)57-47(41)43/h5-18,21-27,31-32H,4,19-20,28-29H2,1-3H3/t31-,32+,51?. The molecule has 0 radical (unpaired) electrons. The van der Waals surface area contributed by atoms with Crippen LogP contribution in [0.1, 0.15) is 64.0 Å². The highest BCUT2D eigenvalue weighted by atomic mass is 16.3. The molecule has 278 valence electrons. The van der Waals surface area contributed by atoms with Gasteiger partial charge in [-0.05, 0) is 102 Å². The summed E-state index contributed by atoms with van der Waals surface area (Å²) in [5, 5.41) is 13.7. The van der Waals surface area contributed by atoms with Crippen LogP contribution in [0.5, 0.6) is 0 Å². The number of fused-ring (bicyclic) bond motifs is 6. The van der Waals surface area contributed by atoms with Gasteiger partial charge >= 0.3 is 0 Å². The number of para-hydroxylation sites is 4. The molecule has 1 aliphatic rings. The number of furan rings is 2. The van der Waals surface area contributed by atoms with E-state index in [1.165, 1.54) is 18.4 Å². The number of aromatic nitrogens is 3. The molecular formula is C51H42N4O2. The number of benzene rings is 6. The van der Waals surface area contributed by atoms with Gasteiger partial charge in [-0.1, -0.05) is 112 Å². The molecule has 1 aliphatic carbocycles. The van der Waals surface area contributed by atoms with Crippen molar-refractivity contribution in [3.8, 4) is 51.4 Å². The van der Waals surface area contributed by atoms with Gasteiger partial charge in [0.1, 0.15) is 22.3 Å². The Hall–Kier alpha value is -6.58. The van der Waals surface area contributed by atoms with Crippen LogP contribution in [-0.2, 0) is 5.41 Å². The van der Waals surface area contributed by atoms with Gasteiger partial charge in [0.15, 0.2) is 17.5 Å². The predicted octanol–water partition coefficient (Wildman–Crippen LogP) is 13.7. The zero-order chi connectivity index (χ0) is 38.7. The van der Waals surface area contributed by atoms with Crippen molar-refractivity contribution in [2.45, 2.75) is 58.3 Å². The first kappa shape index (κ1) is 34.9. The average Bonchev–Trinajstić information content (AvgIpc) is 3.79. The van der Waals surface area contributed by atoms with E-state index in [2.05, 4.69) is 69.3 Å². The van der Waals surface area contributed by atoms with Crippen molar-refractivity contribution in [1.82, 2.24) is 15.0 Å². The van der Waals surface area contributed by atoms with Gasteiger partial charge in [-0.2, -0.15) is 5.26 Å². The minimum Gasteiger partial charge on any atom is -0.455 e. The molecule has 6 nitrogen and oxygen atoms in total. The summed E-state index contributed by atoms with van der Waals surface area (Å²) in [6.07, 6.45) is 5.77. The second-order valence-corrected chi connectivity index (χ2v) is 16.2. The van der Waals surface area contributed by atoms with Crippen molar-refractivity contribution < 1.29 is 8.83 Å². The van der Waals surface area contributed by atoms with Crippen LogP contribution >= 0.6 is 0 Å². The van der Waals surface area contributed by atoms with Gasteiger partial charge in [-0.3, -0.25) is 0 Å². The lowest BCUT2D eigenvalue weighted by Gasteiger charge is -2.36. The second kappa shape index (κ2) is 13.9. The number of nitriles is 1. The number of hydrogen-bond donors (Lipinski definition) is 0. The molecule has 3 atom stereocenters. The monoisotopic (exact) mass is 742 g/mol. The molecule has 0 spiro atoms. The van der Waals surface area contributed by atoms with Gasteiger partial charge in [-0.15, -0.1) is 0 Å². The molecule has 3 aromatic heterocycles. The molecule has 1 saturated carbocycles. The zero-order valence-electron chi connectivity index (χ0n) is 32.4. The van der Waals surface area contributed by atoms with E-state index >= 15 is 0 Å². The third kappa shape index (κ3) is 6.06. The SMILES string of the molecule is CCC1(c2cc(-c3ccc(C#N)cc3)cc(-c3nc(-c4cccc5c4oc4ccccc45)nc(-c4cccc5c4oc4ccccc45)n3)c2)C[C@H](C)CC[C@H](C)C1. The Kier molecular flexibility index (Phi) is 8.48. The summed E-state index contributed by atoms with van der Waals surface area (Å²) in [5.74, 6) is 2.86. The predicted molar refractivity (Wildman–Crippen MR) is 230 cm³/mol. The van der Waals surface area contributed by atoms with E-state index < -0.39 is 0 Å². The van der Waals surface area contributed by atoms with Crippen LogP contribution in [0.3, 0.4) is 0 Å². The molecular weight excluding hydrogens is 701 g/mol. The zero-order valence-corrected chi connectivity index (χ0v) is 32.4. The summed E-state index contributed by atoms with van der Waals surface area (Å²) in [7, 11) is 0. The molecule has 0 N–H and O–H groups in total. The Morgan fingerprint density at radius 2 is 1.09 bits per heavy atom. The first-order valence-electron chi connectivity index (χ1n) is 20.1. The maximum Gasteiger partial charge on any atom is 0.167 e. The van der Waals surface area contributed by atoms with E-state index in [0.29, 0.717) is 34.9 Å². The summed E-state index contributed by atoms with van der Waals surface area (Å²) in [5.41, 5.74) is 9.69. The maximum absolute atomic E-state index is 9.62. The molecule has 10 rings (SSSR count). The van der Waals surface area contributed by atoms with Gasteiger partial charge in [0.2, 0.25) is 0 Å². The van der Waals surface area contributed by atoms with Crippen LogP contribution in [-0.4, -0.2) is 15.0 Å². The summed E-state index contributed by atoms with van der Waals surface area (Å²) in [6.45, 7) is 7.17. The largest absolute Gasteiger partial charge is 0.455 e. The van der Waals surface area contributed by atoms with E-state index in [4.69, 9.17) is 23.8 Å². The molecule has 3 heterocycles. The number of rotatable bonds is 6. The van der Waals surface area contributed by atoms with Crippen LogP contribution in [0.2, 0.25) is 0 Å². The van der Waals surface area contributed by atoms with E-state index in [0.717, 1.165) is 91.0 Å². The fourth-order valence-electron chi connectivity index (χ4n) is 9.48. The van der Waals surface area contributed by atoms with Crippen LogP contribution in [0, 0.1) is 23.2 Å². The van der Waals surface area contributed by atoms with Crippen molar-refractivity contribution in [3.05, 3.63) is 139 Å². The first-order valence-corrected chi connectivity index (χ1v) is 20.1. The lowest BCUT2D eigenvalue weighted by atomic mass is 9.68. The Bertz CT molecular complexity index is 2880. The van der Waals surface area contributed by atoms with E-state index in [1.54, 1.807) is 0 Å². The first-order chi connectivity index (χ1) is 27.9. The van der Waals surface area contributed by atoms with Gasteiger partial charge in [0.05, 0.1) is 22.8 Å². The Balaban J connectivity index is 1.25. The normalized spacial score (nSPS) is 18.6. The quantitative estimate of drug-likeness (QED) is 0.158. The van der Waals surface area contributed by atoms with Crippen LogP contribution in [0.25, 0.3) is 89.2 Å². The van der Waals surface area contributed by atoms with Gasteiger partial charge in [-0.25, -0.2) is 15.0 Å². The lowest BCUT2D eigenvalue weighted by molar-refractivity contribution is 0.295. The van der Waals surface area contributed by atoms with Crippen LogP contribution < -0.4 is 0 Å². The van der Waals surface area contributed by atoms with Crippen molar-refractivity contribution in [2.75, 3.05) is 0 Å². The molecule has 57 heavy (non-hydrogen) atoms. The third-order valence-corrected chi connectivity index (χ3v) is 12.4. The van der Waals surface area contributed by atoms with Crippen molar-refractivity contribution in [1.29, 1.82) is 5.26 Å². The molecule has 1 unspecified atom stereocenters. The minimum absolute atomic E-state index is 0.00881. The lowest BCUT2D eigenvalue weighted by Crippen LogP contribution is -2.28. The Morgan fingerprint density at radius 1 is 0.579 bits per heavy atom. The molecule has 6 heteroatoms. The maximum atomic E-state index is 9.62. The van der Waals surface area contributed by atoms with Gasteiger partial charge in [0, 0.05) is 27.1 Å². The minimum atomic E-state index is -0.00881. The van der Waals surface area contributed by atoms with Crippen LogP contribution in [0.4, 0.5) is 0 Å². The summed E-state index contributed by atoms with van der Waals surface area (Å²) in [4.78, 5) is 15.9. The summed E-state index contributed by atoms with van der Waals surface area (Å²) in [6, 6.07) is 45.7. The highest BCUT2D eigenvalue weighted by molar-refractivity contribution is 6.10. The third-order valence-electron chi connectivity index (χ3n) is 12.4. The fourth-order valence-corrected chi connectivity index (χ4v) is 9.48. The Labute approximate surface area is 331 Å². The Morgan fingerprint density at radius 3 is 1.63 bits per heavy atom. The molecule has 9 aromatic rings. The average molecular weight is 743 g/mol. The molecule has 0 amide bonds. The highest BCUT2D eigenvalue weighted by Gasteiger charge is 2.37. The number of hydrogen-bond acceptors (Lipinski definition) is 6. The second-order valence-electron chi connectivity index (χ2n) is 16.2. The smallest absolute Gasteiger partial charge is 0.167 e. The van der Waals surface area contributed by atoms with Crippen molar-refractivity contribution >= 4 is 43.9 Å².